The van der Waals surface area contributed by atoms with Crippen LogP contribution in [0.25, 0.3) is 0 Å². The second-order valence-electron chi connectivity index (χ2n) is 3.31. The second-order valence-corrected chi connectivity index (χ2v) is 3.31. The van der Waals surface area contributed by atoms with E-state index in [0.29, 0.717) is 0 Å². The normalized spacial score (nSPS) is 12.9. The predicted molar refractivity (Wildman–Crippen MR) is 42.2 cm³/mol. The van der Waals surface area contributed by atoms with Crippen LogP contribution in [0.1, 0.15) is 27.7 Å². The lowest BCUT2D eigenvalue weighted by Crippen LogP contribution is -2.24. The van der Waals surface area contributed by atoms with E-state index >= 15 is 0 Å². The van der Waals surface area contributed by atoms with Gasteiger partial charge in [0.1, 0.15) is 5.60 Å². The van der Waals surface area contributed by atoms with Crippen LogP contribution in [0.2, 0.25) is 0 Å². The molecular weight excluding hydrogens is 144 g/mol. The van der Waals surface area contributed by atoms with Gasteiger partial charge in [-0.1, -0.05) is 0 Å². The minimum Gasteiger partial charge on any atom is -0.515 e. The monoisotopic (exact) mass is 158 g/mol. The molecule has 0 saturated carbocycles. The van der Waals surface area contributed by atoms with Crippen molar-refractivity contribution >= 4 is 5.97 Å². The van der Waals surface area contributed by atoms with Crippen molar-refractivity contribution in [2.24, 2.45) is 0 Å². The zero-order valence-electron chi connectivity index (χ0n) is 7.34. The van der Waals surface area contributed by atoms with Crippen LogP contribution in [0.4, 0.5) is 0 Å². The van der Waals surface area contributed by atoms with Gasteiger partial charge in [-0.05, 0) is 27.7 Å². The summed E-state index contributed by atoms with van der Waals surface area (Å²) in [5.74, 6) is -0.486. The first kappa shape index (κ1) is 10.0. The van der Waals surface area contributed by atoms with Crippen LogP contribution in [0.5, 0.6) is 0 Å². The molecule has 0 saturated heterocycles. The molecule has 0 aliphatic heterocycles. The Morgan fingerprint density at radius 2 is 1.91 bits per heavy atom. The topological polar surface area (TPSA) is 46.5 Å². The molecule has 0 aromatic carbocycles. The highest BCUT2D eigenvalue weighted by atomic mass is 16.6. The van der Waals surface area contributed by atoms with Gasteiger partial charge in [0.05, 0.1) is 11.8 Å². The molecule has 0 aromatic rings. The molecule has 11 heavy (non-hydrogen) atoms. The van der Waals surface area contributed by atoms with Crippen molar-refractivity contribution < 1.29 is 14.6 Å². The van der Waals surface area contributed by atoms with E-state index in [2.05, 4.69) is 0 Å². The Morgan fingerprint density at radius 3 is 2.18 bits per heavy atom. The van der Waals surface area contributed by atoms with Crippen molar-refractivity contribution in [3.8, 4) is 0 Å². The Labute approximate surface area is 66.7 Å². The summed E-state index contributed by atoms with van der Waals surface area (Å²) < 4.78 is 4.92. The standard InChI is InChI=1S/C8H14O3/c1-6(5-9)7(10)11-8(2,3)4/h5,9H,1-4H3. The summed E-state index contributed by atoms with van der Waals surface area (Å²) >= 11 is 0. The molecule has 0 rings (SSSR count). The summed E-state index contributed by atoms with van der Waals surface area (Å²) in [6, 6.07) is 0. The summed E-state index contributed by atoms with van der Waals surface area (Å²) in [4.78, 5) is 10.9. The fourth-order valence-corrected chi connectivity index (χ4v) is 0.411. The third kappa shape index (κ3) is 4.42. The minimum atomic E-state index is -0.499. The number of aliphatic hydroxyl groups is 1. The molecule has 0 bridgehead atoms. The maximum Gasteiger partial charge on any atom is 0.337 e. The molecule has 0 aromatic heterocycles. The fraction of sp³-hybridized carbons (Fsp3) is 0.625. The molecule has 0 amide bonds. The van der Waals surface area contributed by atoms with Gasteiger partial charge in [0, 0.05) is 0 Å². The lowest BCUT2D eigenvalue weighted by atomic mass is 10.2. The van der Waals surface area contributed by atoms with E-state index in [4.69, 9.17) is 9.84 Å². The average molecular weight is 158 g/mol. The van der Waals surface area contributed by atoms with Crippen molar-refractivity contribution in [2.75, 3.05) is 0 Å². The first-order chi connectivity index (χ1) is 4.87. The molecule has 3 nitrogen and oxygen atoms in total. The Morgan fingerprint density at radius 1 is 1.45 bits per heavy atom. The molecule has 0 radical (unpaired) electrons. The van der Waals surface area contributed by atoms with Crippen molar-refractivity contribution in [3.05, 3.63) is 11.8 Å². The van der Waals surface area contributed by atoms with E-state index in [1.165, 1.54) is 6.92 Å². The maximum atomic E-state index is 10.9. The quantitative estimate of drug-likeness (QED) is 0.359. The molecule has 1 N–H and O–H groups in total. The largest absolute Gasteiger partial charge is 0.515 e. The van der Waals surface area contributed by atoms with Gasteiger partial charge >= 0.3 is 5.97 Å². The molecular formula is C8H14O3. The third-order valence-electron chi connectivity index (χ3n) is 0.915. The van der Waals surface area contributed by atoms with Crippen LogP contribution in [0.15, 0.2) is 11.8 Å². The molecule has 0 aliphatic rings. The van der Waals surface area contributed by atoms with E-state index in [9.17, 15) is 4.79 Å². The van der Waals surface area contributed by atoms with Gasteiger partial charge in [-0.2, -0.15) is 0 Å². The van der Waals surface area contributed by atoms with Crippen LogP contribution < -0.4 is 0 Å². The SMILES string of the molecule is CC(=CO)C(=O)OC(C)(C)C. The third-order valence-corrected chi connectivity index (χ3v) is 0.915. The first-order valence-electron chi connectivity index (χ1n) is 3.41. The Balaban J connectivity index is 4.10. The smallest absolute Gasteiger partial charge is 0.337 e. The van der Waals surface area contributed by atoms with Crippen molar-refractivity contribution in [1.29, 1.82) is 0 Å². The number of carbonyl (C=O) groups excluding carboxylic acids is 1. The number of aliphatic hydroxyl groups excluding tert-OH is 1. The van der Waals surface area contributed by atoms with Crippen LogP contribution in [0, 0.1) is 0 Å². The number of rotatable bonds is 1. The molecule has 64 valence electrons. The summed E-state index contributed by atoms with van der Waals surface area (Å²) in [5, 5.41) is 8.44. The number of ether oxygens (including phenoxy) is 1. The van der Waals surface area contributed by atoms with E-state index in [1.807, 2.05) is 0 Å². The number of hydrogen-bond acceptors (Lipinski definition) is 3. The Hall–Kier alpha value is -0.990. The summed E-state index contributed by atoms with van der Waals surface area (Å²) in [7, 11) is 0. The second kappa shape index (κ2) is 3.42. The predicted octanol–water partition coefficient (Wildman–Crippen LogP) is 1.79. The molecule has 0 fully saturated rings. The highest BCUT2D eigenvalue weighted by Crippen LogP contribution is 2.09. The van der Waals surface area contributed by atoms with Gasteiger partial charge in [0.15, 0.2) is 0 Å². The Kier molecular flexibility index (Phi) is 3.11. The number of hydrogen-bond donors (Lipinski definition) is 1. The zero-order chi connectivity index (χ0) is 9.07. The summed E-state index contributed by atoms with van der Waals surface area (Å²) in [6.07, 6.45) is 0.744. The molecule has 0 spiro atoms. The maximum absolute atomic E-state index is 10.9. The minimum absolute atomic E-state index is 0.208. The fourth-order valence-electron chi connectivity index (χ4n) is 0.411. The lowest BCUT2D eigenvalue weighted by molar-refractivity contribution is -0.149. The first-order valence-corrected chi connectivity index (χ1v) is 3.41. The average Bonchev–Trinajstić information content (AvgIpc) is 1.82. The van der Waals surface area contributed by atoms with Gasteiger partial charge in [-0.15, -0.1) is 0 Å². The van der Waals surface area contributed by atoms with Gasteiger partial charge in [0.25, 0.3) is 0 Å². The van der Waals surface area contributed by atoms with Crippen LogP contribution in [0.3, 0.4) is 0 Å². The lowest BCUT2D eigenvalue weighted by Gasteiger charge is -2.19. The highest BCUT2D eigenvalue weighted by Gasteiger charge is 2.17. The van der Waals surface area contributed by atoms with E-state index in [1.54, 1.807) is 20.8 Å². The highest BCUT2D eigenvalue weighted by molar-refractivity contribution is 5.87. The molecule has 0 atom stereocenters. The Bertz CT molecular complexity index is 174. The van der Waals surface area contributed by atoms with Crippen molar-refractivity contribution in [3.63, 3.8) is 0 Å². The van der Waals surface area contributed by atoms with Gasteiger partial charge < -0.3 is 9.84 Å². The van der Waals surface area contributed by atoms with E-state index in [-0.39, 0.29) is 5.57 Å². The molecule has 0 unspecified atom stereocenters. The number of carbonyl (C=O) groups is 1. The summed E-state index contributed by atoms with van der Waals surface area (Å²) in [6.45, 7) is 6.81. The van der Waals surface area contributed by atoms with Crippen molar-refractivity contribution in [1.82, 2.24) is 0 Å². The zero-order valence-corrected chi connectivity index (χ0v) is 7.34. The van der Waals surface area contributed by atoms with Gasteiger partial charge in [0.2, 0.25) is 0 Å². The van der Waals surface area contributed by atoms with Crippen LogP contribution in [-0.4, -0.2) is 16.7 Å². The van der Waals surface area contributed by atoms with E-state index in [0.717, 1.165) is 6.26 Å². The molecule has 0 aliphatic carbocycles. The number of esters is 1. The molecule has 0 heterocycles. The van der Waals surface area contributed by atoms with E-state index < -0.39 is 11.6 Å². The van der Waals surface area contributed by atoms with Crippen molar-refractivity contribution in [2.45, 2.75) is 33.3 Å². The van der Waals surface area contributed by atoms with Gasteiger partial charge in [-0.3, -0.25) is 0 Å². The van der Waals surface area contributed by atoms with Crippen LogP contribution in [-0.2, 0) is 9.53 Å². The van der Waals surface area contributed by atoms with Gasteiger partial charge in [-0.25, -0.2) is 4.79 Å². The summed E-state index contributed by atoms with van der Waals surface area (Å²) in [5.41, 5.74) is -0.290. The molecule has 3 heteroatoms. The van der Waals surface area contributed by atoms with Crippen LogP contribution >= 0.6 is 0 Å².